The summed E-state index contributed by atoms with van der Waals surface area (Å²) in [6.45, 7) is 2.00. The van der Waals surface area contributed by atoms with Crippen LogP contribution in [0, 0.1) is 0 Å². The molecule has 1 nitrogen and oxygen atoms in total. The molecular weight excluding hydrogens is 215 g/mol. The molecule has 1 aliphatic heterocycles. The van der Waals surface area contributed by atoms with Gasteiger partial charge in [0.1, 0.15) is 0 Å². The number of hydrogen-bond donors (Lipinski definition) is 0. The van der Waals surface area contributed by atoms with Gasteiger partial charge in [-0.3, -0.25) is 0 Å². The molecule has 0 unspecified atom stereocenters. The van der Waals surface area contributed by atoms with Gasteiger partial charge >= 0.3 is 35.5 Å². The molecule has 2 heteroatoms. The van der Waals surface area contributed by atoms with Crippen LogP contribution in [0.4, 0.5) is 0 Å². The summed E-state index contributed by atoms with van der Waals surface area (Å²) in [5.41, 5.74) is 0. The van der Waals surface area contributed by atoms with E-state index in [1.165, 1.54) is 12.8 Å². The van der Waals surface area contributed by atoms with E-state index in [1.807, 2.05) is 0 Å². The summed E-state index contributed by atoms with van der Waals surface area (Å²) >= 11 is -0.637. The Balaban J connectivity index is 0.000000148. The van der Waals surface area contributed by atoms with E-state index in [0.29, 0.717) is 0 Å². The zero-order valence-corrected chi connectivity index (χ0v) is 10.1. The SMILES string of the molecule is C1CCOC1.[CH3][In]([CH3])[CH3]. The summed E-state index contributed by atoms with van der Waals surface area (Å²) in [5, 5.41) is 0. The van der Waals surface area contributed by atoms with Crippen LogP contribution in [0.25, 0.3) is 0 Å². The van der Waals surface area contributed by atoms with E-state index in [-0.39, 0.29) is 0 Å². The van der Waals surface area contributed by atoms with E-state index < -0.39 is 21.4 Å². The molecule has 0 aromatic heterocycles. The first-order valence-corrected chi connectivity index (χ1v) is 13.7. The third kappa shape index (κ3) is 12.1. The van der Waals surface area contributed by atoms with Crippen LogP contribution in [-0.4, -0.2) is 34.7 Å². The van der Waals surface area contributed by atoms with Gasteiger partial charge in [-0.2, -0.15) is 0 Å². The second kappa shape index (κ2) is 6.94. The first kappa shape index (κ1) is 9.83. The van der Waals surface area contributed by atoms with Gasteiger partial charge in [0.15, 0.2) is 0 Å². The van der Waals surface area contributed by atoms with Crippen LogP contribution in [0.1, 0.15) is 12.8 Å². The van der Waals surface area contributed by atoms with Crippen LogP contribution >= 0.6 is 0 Å². The Morgan fingerprint density at radius 1 is 1.00 bits per heavy atom. The van der Waals surface area contributed by atoms with E-state index in [2.05, 4.69) is 14.0 Å². The molecule has 0 saturated carbocycles. The van der Waals surface area contributed by atoms with Crippen LogP contribution in [-0.2, 0) is 4.74 Å². The minimum absolute atomic E-state index is 0.637. The first-order valence-electron chi connectivity index (χ1n) is 3.81. The summed E-state index contributed by atoms with van der Waals surface area (Å²) in [4.78, 5) is 0. The van der Waals surface area contributed by atoms with Crippen molar-refractivity contribution in [2.45, 2.75) is 26.9 Å². The molecule has 0 N–H and O–H groups in total. The Hall–Kier alpha value is 0.830. The number of rotatable bonds is 0. The number of hydrogen-bond acceptors (Lipinski definition) is 1. The second-order valence-electron chi connectivity index (χ2n) is 3.05. The standard InChI is InChI=1S/C4H8O.3CH3.In/c1-2-4-5-3-1;;;;/h1-4H2;3*1H3;. The number of ether oxygens (including phenoxy) is 1. The molecule has 0 bridgehead atoms. The average molecular weight is 232 g/mol. The Bertz CT molecular complexity index is 40.5. The van der Waals surface area contributed by atoms with Gasteiger partial charge in [0.25, 0.3) is 0 Å². The van der Waals surface area contributed by atoms with Gasteiger partial charge in [-0.05, 0) is 12.8 Å². The molecule has 0 aromatic rings. The Kier molecular flexibility index (Phi) is 7.58. The van der Waals surface area contributed by atoms with Crippen LogP contribution < -0.4 is 0 Å². The van der Waals surface area contributed by atoms with Crippen molar-refractivity contribution in [1.82, 2.24) is 0 Å². The quantitative estimate of drug-likeness (QED) is 0.621. The van der Waals surface area contributed by atoms with Crippen molar-refractivity contribution in [1.29, 1.82) is 0 Å². The van der Waals surface area contributed by atoms with Gasteiger partial charge in [0.05, 0.1) is 0 Å². The molecule has 1 aliphatic rings. The monoisotopic (exact) mass is 232 g/mol. The molecule has 0 amide bonds. The van der Waals surface area contributed by atoms with Crippen molar-refractivity contribution in [3.05, 3.63) is 0 Å². The maximum absolute atomic E-state index is 4.94. The van der Waals surface area contributed by atoms with Gasteiger partial charge in [0, 0.05) is 13.2 Å². The fraction of sp³-hybridized carbons (Fsp3) is 1.00. The Morgan fingerprint density at radius 2 is 1.33 bits per heavy atom. The predicted molar refractivity (Wildman–Crippen MR) is 43.4 cm³/mol. The molecule has 0 spiro atoms. The van der Waals surface area contributed by atoms with Crippen molar-refractivity contribution in [3.8, 4) is 0 Å². The molecule has 54 valence electrons. The summed E-state index contributed by atoms with van der Waals surface area (Å²) in [6, 6.07) is 0. The molecule has 0 aliphatic carbocycles. The second-order valence-corrected chi connectivity index (χ2v) is 12.9. The van der Waals surface area contributed by atoms with Crippen LogP contribution in [0.2, 0.25) is 14.0 Å². The summed E-state index contributed by atoms with van der Waals surface area (Å²) in [7, 11) is 0. The molecule has 1 heterocycles. The van der Waals surface area contributed by atoms with Crippen molar-refractivity contribution < 1.29 is 4.74 Å². The molecule has 0 atom stereocenters. The molecule has 0 radical (unpaired) electrons. The molecule has 9 heavy (non-hydrogen) atoms. The normalized spacial score (nSPS) is 16.3. The molecule has 1 fully saturated rings. The van der Waals surface area contributed by atoms with Crippen LogP contribution in [0.5, 0.6) is 0 Å². The molecule has 0 aromatic carbocycles. The zero-order valence-electron chi connectivity index (χ0n) is 6.81. The van der Waals surface area contributed by atoms with E-state index in [1.54, 1.807) is 0 Å². The van der Waals surface area contributed by atoms with Crippen molar-refractivity contribution in [3.63, 3.8) is 0 Å². The minimum atomic E-state index is -0.637. The van der Waals surface area contributed by atoms with Gasteiger partial charge < -0.3 is 4.74 Å². The van der Waals surface area contributed by atoms with E-state index >= 15 is 0 Å². The van der Waals surface area contributed by atoms with Gasteiger partial charge in [-0.25, -0.2) is 0 Å². The van der Waals surface area contributed by atoms with Gasteiger partial charge in [0.2, 0.25) is 0 Å². The average Bonchev–Trinajstić information content (AvgIpc) is 2.11. The fourth-order valence-corrected chi connectivity index (χ4v) is 0.510. The molecule has 1 saturated heterocycles. The van der Waals surface area contributed by atoms with E-state index in [0.717, 1.165) is 13.2 Å². The van der Waals surface area contributed by atoms with Crippen LogP contribution in [0.15, 0.2) is 0 Å². The van der Waals surface area contributed by atoms with Crippen molar-refractivity contribution in [2.24, 2.45) is 0 Å². The topological polar surface area (TPSA) is 9.23 Å². The maximum atomic E-state index is 4.94. The van der Waals surface area contributed by atoms with E-state index in [4.69, 9.17) is 4.74 Å². The molecular formula is C7H17InO. The third-order valence-corrected chi connectivity index (χ3v) is 0.827. The summed E-state index contributed by atoms with van der Waals surface area (Å²) < 4.78 is 12.1. The predicted octanol–water partition coefficient (Wildman–Crippen LogP) is 2.17. The summed E-state index contributed by atoms with van der Waals surface area (Å²) in [6.07, 6.45) is 2.56. The van der Waals surface area contributed by atoms with Gasteiger partial charge in [-0.15, -0.1) is 0 Å². The fourth-order valence-electron chi connectivity index (χ4n) is 0.510. The first-order chi connectivity index (χ1) is 4.23. The van der Waals surface area contributed by atoms with Crippen molar-refractivity contribution >= 4 is 21.4 Å². The van der Waals surface area contributed by atoms with Crippen molar-refractivity contribution in [2.75, 3.05) is 13.2 Å². The van der Waals surface area contributed by atoms with E-state index in [9.17, 15) is 0 Å². The Morgan fingerprint density at radius 3 is 1.44 bits per heavy atom. The third-order valence-electron chi connectivity index (χ3n) is 0.827. The van der Waals surface area contributed by atoms with Gasteiger partial charge in [-0.1, -0.05) is 0 Å². The van der Waals surface area contributed by atoms with Crippen LogP contribution in [0.3, 0.4) is 0 Å². The zero-order chi connectivity index (χ0) is 7.11. The summed E-state index contributed by atoms with van der Waals surface area (Å²) in [5.74, 6) is 0. The molecule has 1 rings (SSSR count). The Labute approximate surface area is 66.3 Å².